The molecule has 0 bridgehead atoms. The third-order valence-electron chi connectivity index (χ3n) is 3.97. The molecule has 0 aromatic heterocycles. The second kappa shape index (κ2) is 5.76. The number of hydrogen-bond acceptors (Lipinski definition) is 3. The van der Waals surface area contributed by atoms with Crippen LogP contribution in [-0.4, -0.2) is 23.6 Å². The number of benzene rings is 1. The molecule has 114 valence electrons. The van der Waals surface area contributed by atoms with Gasteiger partial charge in [-0.2, -0.15) is 0 Å². The molecule has 0 radical (unpaired) electrons. The van der Waals surface area contributed by atoms with Crippen molar-refractivity contribution in [1.29, 1.82) is 0 Å². The van der Waals surface area contributed by atoms with Gasteiger partial charge in [-0.25, -0.2) is 0 Å². The van der Waals surface area contributed by atoms with E-state index in [1.807, 2.05) is 6.92 Å². The number of rotatable bonds is 6. The van der Waals surface area contributed by atoms with E-state index in [2.05, 4.69) is 5.32 Å². The minimum atomic E-state index is -0.913. The van der Waals surface area contributed by atoms with Gasteiger partial charge in [0, 0.05) is 5.69 Å². The van der Waals surface area contributed by atoms with Crippen molar-refractivity contribution in [3.05, 3.63) is 24.3 Å². The zero-order valence-corrected chi connectivity index (χ0v) is 12.6. The molecule has 1 amide bonds. The largest absolute Gasteiger partial charge is 0.494 e. The van der Waals surface area contributed by atoms with Crippen molar-refractivity contribution in [2.45, 2.75) is 27.2 Å². The van der Waals surface area contributed by atoms with Crippen LogP contribution in [0.3, 0.4) is 0 Å². The number of hydrogen-bond donors (Lipinski definition) is 2. The highest BCUT2D eigenvalue weighted by atomic mass is 16.5. The lowest BCUT2D eigenvalue weighted by Crippen LogP contribution is -2.17. The molecule has 0 heterocycles. The molecule has 2 unspecified atom stereocenters. The molecule has 1 fully saturated rings. The summed E-state index contributed by atoms with van der Waals surface area (Å²) in [7, 11) is 0. The van der Waals surface area contributed by atoms with Crippen LogP contribution in [-0.2, 0) is 9.59 Å². The van der Waals surface area contributed by atoms with Gasteiger partial charge in [-0.1, -0.05) is 20.8 Å². The number of anilines is 1. The fourth-order valence-electron chi connectivity index (χ4n) is 2.66. The Morgan fingerprint density at radius 2 is 1.86 bits per heavy atom. The highest BCUT2D eigenvalue weighted by molar-refractivity contribution is 5.99. The van der Waals surface area contributed by atoms with Gasteiger partial charge in [0.15, 0.2) is 0 Å². The lowest BCUT2D eigenvalue weighted by molar-refractivity contribution is -0.140. The highest BCUT2D eigenvalue weighted by Gasteiger charge is 2.65. The topological polar surface area (TPSA) is 75.6 Å². The lowest BCUT2D eigenvalue weighted by atomic mass is 10.1. The molecule has 5 nitrogen and oxygen atoms in total. The molecule has 0 saturated heterocycles. The maximum absolute atomic E-state index is 12.2. The molecule has 0 spiro atoms. The van der Waals surface area contributed by atoms with E-state index < -0.39 is 23.2 Å². The Hall–Kier alpha value is -2.04. The molecule has 2 rings (SSSR count). The first kappa shape index (κ1) is 15.4. The number of aliphatic carboxylic acids is 1. The molecular weight excluding hydrogens is 270 g/mol. The molecular formula is C16H21NO4. The van der Waals surface area contributed by atoms with E-state index in [9.17, 15) is 9.59 Å². The van der Waals surface area contributed by atoms with Gasteiger partial charge in [0.1, 0.15) is 5.75 Å². The summed E-state index contributed by atoms with van der Waals surface area (Å²) < 4.78 is 5.47. The number of ether oxygens (including phenoxy) is 1. The molecule has 1 aromatic rings. The van der Waals surface area contributed by atoms with Crippen LogP contribution in [0.1, 0.15) is 27.2 Å². The van der Waals surface area contributed by atoms with E-state index in [4.69, 9.17) is 9.84 Å². The van der Waals surface area contributed by atoms with Gasteiger partial charge < -0.3 is 15.2 Å². The molecule has 2 atom stereocenters. The quantitative estimate of drug-likeness (QED) is 0.845. The van der Waals surface area contributed by atoms with Crippen LogP contribution in [0.4, 0.5) is 5.69 Å². The average Bonchev–Trinajstić information content (AvgIpc) is 3.01. The average molecular weight is 291 g/mol. The molecule has 21 heavy (non-hydrogen) atoms. The molecule has 1 aromatic carbocycles. The number of amides is 1. The zero-order valence-electron chi connectivity index (χ0n) is 12.6. The number of carbonyl (C=O) groups excluding carboxylic acids is 1. The fraction of sp³-hybridized carbons (Fsp3) is 0.500. The van der Waals surface area contributed by atoms with E-state index in [-0.39, 0.29) is 5.91 Å². The Balaban J connectivity index is 1.96. The number of nitrogens with one attached hydrogen (secondary N) is 1. The van der Waals surface area contributed by atoms with Gasteiger partial charge in [0.2, 0.25) is 5.91 Å². The first-order valence-corrected chi connectivity index (χ1v) is 7.14. The third kappa shape index (κ3) is 3.17. The highest BCUT2D eigenvalue weighted by Crippen LogP contribution is 2.58. The second-order valence-corrected chi connectivity index (χ2v) is 5.98. The van der Waals surface area contributed by atoms with Crippen molar-refractivity contribution in [3.63, 3.8) is 0 Å². The van der Waals surface area contributed by atoms with Crippen LogP contribution < -0.4 is 10.1 Å². The minimum Gasteiger partial charge on any atom is -0.494 e. The first-order valence-electron chi connectivity index (χ1n) is 7.14. The van der Waals surface area contributed by atoms with Gasteiger partial charge in [0.05, 0.1) is 18.4 Å². The summed E-state index contributed by atoms with van der Waals surface area (Å²) in [6.45, 7) is 6.29. The van der Waals surface area contributed by atoms with Crippen LogP contribution in [0, 0.1) is 17.3 Å². The summed E-state index contributed by atoms with van der Waals surface area (Å²) in [6.07, 6.45) is 0.936. The molecule has 1 aliphatic rings. The first-order chi connectivity index (χ1) is 9.87. The Labute approximate surface area is 124 Å². The van der Waals surface area contributed by atoms with Gasteiger partial charge in [-0.15, -0.1) is 0 Å². The van der Waals surface area contributed by atoms with Crippen molar-refractivity contribution in [3.8, 4) is 5.75 Å². The number of carboxylic acids is 1. The Kier molecular flexibility index (Phi) is 4.21. The van der Waals surface area contributed by atoms with Crippen LogP contribution in [0.5, 0.6) is 5.75 Å². The molecule has 1 aliphatic carbocycles. The maximum Gasteiger partial charge on any atom is 0.307 e. The van der Waals surface area contributed by atoms with Crippen molar-refractivity contribution in [1.82, 2.24) is 0 Å². The zero-order chi connectivity index (χ0) is 15.6. The van der Waals surface area contributed by atoms with Crippen LogP contribution in [0.25, 0.3) is 0 Å². The monoisotopic (exact) mass is 291 g/mol. The molecule has 1 saturated carbocycles. The van der Waals surface area contributed by atoms with E-state index in [1.54, 1.807) is 38.1 Å². The van der Waals surface area contributed by atoms with E-state index in [0.29, 0.717) is 12.3 Å². The van der Waals surface area contributed by atoms with Crippen LogP contribution in [0.15, 0.2) is 24.3 Å². The van der Waals surface area contributed by atoms with Crippen LogP contribution >= 0.6 is 0 Å². The van der Waals surface area contributed by atoms with Gasteiger partial charge in [0.25, 0.3) is 0 Å². The Morgan fingerprint density at radius 1 is 1.24 bits per heavy atom. The lowest BCUT2D eigenvalue weighted by Gasteiger charge is -2.08. The SMILES string of the molecule is CCCOc1ccc(NC(=O)C2C(C(=O)O)C2(C)C)cc1. The fourth-order valence-corrected chi connectivity index (χ4v) is 2.66. The molecule has 2 N–H and O–H groups in total. The van der Waals surface area contributed by atoms with Gasteiger partial charge >= 0.3 is 5.97 Å². The van der Waals surface area contributed by atoms with E-state index in [1.165, 1.54) is 0 Å². The summed E-state index contributed by atoms with van der Waals surface area (Å²) in [6, 6.07) is 7.10. The van der Waals surface area contributed by atoms with Crippen molar-refractivity contribution in [2.75, 3.05) is 11.9 Å². The van der Waals surface area contributed by atoms with Crippen molar-refractivity contribution >= 4 is 17.6 Å². The number of carboxylic acid groups (broad SMARTS) is 1. The van der Waals surface area contributed by atoms with E-state index >= 15 is 0 Å². The Bertz CT molecular complexity index is 536. The predicted molar refractivity (Wildman–Crippen MR) is 79.3 cm³/mol. The predicted octanol–water partition coefficient (Wildman–Crippen LogP) is 2.77. The standard InChI is InChI=1S/C16H21NO4/c1-4-9-21-11-7-5-10(6-8-11)17-14(18)12-13(15(19)20)16(12,2)3/h5-8,12-13H,4,9H2,1-3H3,(H,17,18)(H,19,20). The second-order valence-electron chi connectivity index (χ2n) is 5.98. The summed E-state index contributed by atoms with van der Waals surface area (Å²) in [5.41, 5.74) is 0.163. The number of carbonyl (C=O) groups is 2. The normalized spacial score (nSPS) is 22.4. The van der Waals surface area contributed by atoms with Gasteiger partial charge in [-0.3, -0.25) is 9.59 Å². The maximum atomic E-state index is 12.2. The molecule has 5 heteroatoms. The van der Waals surface area contributed by atoms with Crippen molar-refractivity contribution < 1.29 is 19.4 Å². The summed E-state index contributed by atoms with van der Waals surface area (Å²) in [5, 5.41) is 11.9. The van der Waals surface area contributed by atoms with Gasteiger partial charge in [-0.05, 0) is 36.1 Å². The summed E-state index contributed by atoms with van der Waals surface area (Å²) in [4.78, 5) is 23.2. The smallest absolute Gasteiger partial charge is 0.307 e. The molecule has 0 aliphatic heterocycles. The summed E-state index contributed by atoms with van der Waals surface area (Å²) in [5.74, 6) is -1.49. The van der Waals surface area contributed by atoms with Crippen molar-refractivity contribution in [2.24, 2.45) is 17.3 Å². The van der Waals surface area contributed by atoms with Crippen LogP contribution in [0.2, 0.25) is 0 Å². The minimum absolute atomic E-state index is 0.241. The Morgan fingerprint density at radius 3 is 2.33 bits per heavy atom. The third-order valence-corrected chi connectivity index (χ3v) is 3.97. The summed E-state index contributed by atoms with van der Waals surface area (Å²) >= 11 is 0. The van der Waals surface area contributed by atoms with E-state index in [0.717, 1.165) is 12.2 Å².